The molecule has 0 radical (unpaired) electrons. The lowest BCUT2D eigenvalue weighted by Gasteiger charge is -2.41. The number of benzene rings is 2. The first kappa shape index (κ1) is 30.6. The molecule has 2 saturated heterocycles. The van der Waals surface area contributed by atoms with Crippen LogP contribution in [-0.2, 0) is 27.3 Å². The molecule has 0 saturated carbocycles. The Morgan fingerprint density at radius 2 is 1.91 bits per heavy atom. The summed E-state index contributed by atoms with van der Waals surface area (Å²) in [5.74, 6) is -0.965. The number of nitrogens with zero attached hydrogens (tertiary/aromatic N) is 5. The monoisotopic (exact) mass is 619 g/mol. The first-order valence-corrected chi connectivity index (χ1v) is 15.4. The van der Waals surface area contributed by atoms with Crippen LogP contribution < -0.4 is 0 Å². The highest BCUT2D eigenvalue weighted by Crippen LogP contribution is 2.50. The summed E-state index contributed by atoms with van der Waals surface area (Å²) in [6, 6.07) is 11.8. The minimum atomic E-state index is -1.70. The molecule has 230 valence electrons. The number of ether oxygens (including phenoxy) is 2. The molecule has 44 heavy (non-hydrogen) atoms. The first-order chi connectivity index (χ1) is 21.2. The molecule has 4 heterocycles. The molecule has 3 aliphatic heterocycles. The molecule has 3 aromatic rings. The van der Waals surface area contributed by atoms with Gasteiger partial charge in [0, 0.05) is 29.6 Å². The molecule has 2 fully saturated rings. The minimum Gasteiger partial charge on any atom is -0.385 e. The number of hydrogen-bond acceptors (Lipinski definition) is 8. The van der Waals surface area contributed by atoms with Crippen molar-refractivity contribution in [1.29, 1.82) is 5.26 Å². The summed E-state index contributed by atoms with van der Waals surface area (Å²) in [6.45, 7) is 4.18. The predicted molar refractivity (Wildman–Crippen MR) is 160 cm³/mol. The zero-order valence-corrected chi connectivity index (χ0v) is 25.6. The average molecular weight is 620 g/mol. The Bertz CT molecular complexity index is 1570. The number of halogens is 2. The fourth-order valence-electron chi connectivity index (χ4n) is 6.84. The van der Waals surface area contributed by atoms with Gasteiger partial charge >= 0.3 is 0 Å². The van der Waals surface area contributed by atoms with E-state index in [9.17, 15) is 15.2 Å². The number of hydrogen-bond donors (Lipinski definition) is 1. The van der Waals surface area contributed by atoms with Crippen LogP contribution in [0.15, 0.2) is 48.8 Å². The third kappa shape index (κ3) is 5.27. The summed E-state index contributed by atoms with van der Waals surface area (Å²) in [5, 5.41) is 21.8. The lowest BCUT2D eigenvalue weighted by atomic mass is 9.73. The Kier molecular flexibility index (Phi) is 8.44. The third-order valence-corrected chi connectivity index (χ3v) is 9.56. The van der Waals surface area contributed by atoms with Crippen LogP contribution >= 0.6 is 11.6 Å². The van der Waals surface area contributed by atoms with Gasteiger partial charge in [-0.1, -0.05) is 30.7 Å². The van der Waals surface area contributed by atoms with E-state index in [-0.39, 0.29) is 41.6 Å². The van der Waals surface area contributed by atoms with Crippen LogP contribution in [0.5, 0.6) is 0 Å². The van der Waals surface area contributed by atoms with Gasteiger partial charge in [-0.2, -0.15) is 5.26 Å². The number of aliphatic hydroxyl groups is 1. The molecule has 2 aromatic carbocycles. The Hall–Kier alpha value is -3.46. The highest BCUT2D eigenvalue weighted by atomic mass is 35.5. The molecule has 1 aromatic heterocycles. The number of carbonyl (C=O) groups is 1. The van der Waals surface area contributed by atoms with Crippen LogP contribution in [0, 0.1) is 23.1 Å². The summed E-state index contributed by atoms with van der Waals surface area (Å²) in [6.07, 6.45) is 4.78. The van der Waals surface area contributed by atoms with Gasteiger partial charge in [-0.3, -0.25) is 9.69 Å². The zero-order valence-electron chi connectivity index (χ0n) is 24.8. The maximum absolute atomic E-state index is 16.9. The van der Waals surface area contributed by atoms with Crippen LogP contribution in [0.3, 0.4) is 0 Å². The maximum Gasteiger partial charge on any atom is 0.257 e. The van der Waals surface area contributed by atoms with Crippen molar-refractivity contribution in [2.75, 3.05) is 33.4 Å². The SMILES string of the molecule is CCC(O)(c1cc(F)c2c(c1)C(=O)N(Cc1ncc(C#N)cn1)[C@@]2(O[C@H]1CCOC1)c1ccc(Cl)cc1)C1CCN(C)CC1. The van der Waals surface area contributed by atoms with Crippen LogP contribution in [-0.4, -0.2) is 70.2 Å². The predicted octanol–water partition coefficient (Wildman–Crippen LogP) is 4.74. The topological polar surface area (TPSA) is 112 Å². The second kappa shape index (κ2) is 12.1. The molecule has 9 nitrogen and oxygen atoms in total. The van der Waals surface area contributed by atoms with Crippen molar-refractivity contribution >= 4 is 17.5 Å². The summed E-state index contributed by atoms with van der Waals surface area (Å²) in [5.41, 5.74) is -1.68. The molecule has 0 spiro atoms. The van der Waals surface area contributed by atoms with Crippen LogP contribution in [0.2, 0.25) is 5.02 Å². The van der Waals surface area contributed by atoms with Gasteiger partial charge in [0.2, 0.25) is 5.72 Å². The lowest BCUT2D eigenvalue weighted by molar-refractivity contribution is -0.149. The van der Waals surface area contributed by atoms with E-state index in [1.54, 1.807) is 30.3 Å². The van der Waals surface area contributed by atoms with Gasteiger partial charge in [0.15, 0.2) is 0 Å². The largest absolute Gasteiger partial charge is 0.385 e. The van der Waals surface area contributed by atoms with Gasteiger partial charge in [-0.25, -0.2) is 14.4 Å². The third-order valence-electron chi connectivity index (χ3n) is 9.31. The fraction of sp³-hybridized carbons (Fsp3) is 0.455. The van der Waals surface area contributed by atoms with E-state index < -0.39 is 29.2 Å². The van der Waals surface area contributed by atoms with Crippen molar-refractivity contribution in [2.45, 2.75) is 56.6 Å². The average Bonchev–Trinajstić information content (AvgIpc) is 3.63. The van der Waals surface area contributed by atoms with E-state index in [4.69, 9.17) is 21.1 Å². The van der Waals surface area contributed by atoms with Gasteiger partial charge in [0.05, 0.1) is 41.5 Å². The second-order valence-electron chi connectivity index (χ2n) is 11.9. The Morgan fingerprint density at radius 3 is 2.52 bits per heavy atom. The Balaban J connectivity index is 1.53. The van der Waals surface area contributed by atoms with Gasteiger partial charge in [0.1, 0.15) is 17.7 Å². The molecule has 0 aliphatic carbocycles. The van der Waals surface area contributed by atoms with Crippen LogP contribution in [0.1, 0.15) is 71.0 Å². The van der Waals surface area contributed by atoms with Gasteiger partial charge in [0.25, 0.3) is 5.91 Å². The van der Waals surface area contributed by atoms with Crippen LogP contribution in [0.4, 0.5) is 4.39 Å². The van der Waals surface area contributed by atoms with Crippen molar-refractivity contribution in [3.8, 4) is 6.07 Å². The maximum atomic E-state index is 16.9. The number of aromatic nitrogens is 2. The fourth-order valence-corrected chi connectivity index (χ4v) is 6.97. The normalized spacial score (nSPS) is 23.9. The number of carbonyl (C=O) groups excluding carboxylic acids is 1. The van der Waals surface area contributed by atoms with Gasteiger partial charge < -0.3 is 19.5 Å². The number of likely N-dealkylation sites (tertiary alicyclic amines) is 1. The molecule has 1 amide bonds. The number of fused-ring (bicyclic) bond motifs is 1. The summed E-state index contributed by atoms with van der Waals surface area (Å²) in [4.78, 5) is 26.8. The molecule has 6 rings (SSSR count). The molecule has 11 heteroatoms. The molecular formula is C33H35ClFN5O4. The zero-order chi connectivity index (χ0) is 31.1. The standard InChI is InChI=1S/C33H35ClFN5O4/c1-3-32(42,22-8-11-39(2)12-9-22)24-14-27-30(28(35)15-24)33(44-26-10-13-43-20-26,23-4-6-25(34)7-5-23)40(31(27)41)19-29-37-17-21(16-36)18-38-29/h4-7,14-15,17-18,22,26,42H,3,8-13,19-20H2,1-2H3/t26-,32?,33+/m0/s1. The molecule has 0 bridgehead atoms. The number of piperidine rings is 1. The summed E-state index contributed by atoms with van der Waals surface area (Å²) < 4.78 is 29.3. The summed E-state index contributed by atoms with van der Waals surface area (Å²) >= 11 is 6.27. The van der Waals surface area contributed by atoms with E-state index >= 15 is 4.39 Å². The van der Waals surface area contributed by atoms with E-state index in [0.717, 1.165) is 25.9 Å². The van der Waals surface area contributed by atoms with Gasteiger partial charge in [-0.05, 0) is 81.6 Å². The van der Waals surface area contributed by atoms with Crippen LogP contribution in [0.25, 0.3) is 0 Å². The molecular weight excluding hydrogens is 585 g/mol. The Morgan fingerprint density at radius 1 is 1.20 bits per heavy atom. The van der Waals surface area contributed by atoms with E-state index in [1.807, 2.05) is 20.0 Å². The lowest BCUT2D eigenvalue weighted by Crippen LogP contribution is -2.49. The van der Waals surface area contributed by atoms with E-state index in [1.165, 1.54) is 23.4 Å². The molecule has 3 aliphatic rings. The Labute approximate surface area is 261 Å². The number of rotatable bonds is 8. The number of amides is 1. The van der Waals surface area contributed by atoms with Crippen molar-refractivity contribution in [1.82, 2.24) is 19.8 Å². The highest BCUT2D eigenvalue weighted by molar-refractivity contribution is 6.30. The van der Waals surface area contributed by atoms with E-state index in [2.05, 4.69) is 14.9 Å². The smallest absolute Gasteiger partial charge is 0.257 e. The second-order valence-corrected chi connectivity index (χ2v) is 12.3. The van der Waals surface area contributed by atoms with E-state index in [0.29, 0.717) is 35.6 Å². The molecule has 1 N–H and O–H groups in total. The number of nitriles is 1. The van der Waals surface area contributed by atoms with Gasteiger partial charge in [-0.15, -0.1) is 0 Å². The quantitative estimate of drug-likeness (QED) is 0.385. The summed E-state index contributed by atoms with van der Waals surface area (Å²) in [7, 11) is 2.05. The first-order valence-electron chi connectivity index (χ1n) is 15.0. The van der Waals surface area contributed by atoms with Crippen molar-refractivity contribution in [2.24, 2.45) is 5.92 Å². The van der Waals surface area contributed by atoms with Crippen molar-refractivity contribution in [3.63, 3.8) is 0 Å². The minimum absolute atomic E-state index is 0.0657. The molecule has 1 unspecified atom stereocenters. The van der Waals surface area contributed by atoms with Crippen molar-refractivity contribution < 1.29 is 23.8 Å². The highest BCUT2D eigenvalue weighted by Gasteiger charge is 2.56. The molecule has 3 atom stereocenters. The van der Waals surface area contributed by atoms with Crippen molar-refractivity contribution in [3.05, 3.63) is 93.3 Å².